The van der Waals surface area contributed by atoms with Gasteiger partial charge in [-0.05, 0) is 72.0 Å². The van der Waals surface area contributed by atoms with Crippen molar-refractivity contribution in [2.24, 2.45) is 0 Å². The summed E-state index contributed by atoms with van der Waals surface area (Å²) in [6.45, 7) is 3.14. The molecule has 0 aromatic heterocycles. The average molecular weight is 446 g/mol. The van der Waals surface area contributed by atoms with Crippen LogP contribution in [0.1, 0.15) is 33.2 Å². The van der Waals surface area contributed by atoms with E-state index in [2.05, 4.69) is 29.6 Å². The SMILES string of the molecule is Cc1cc(C(=O)O)ccc1-c1ccc(CCNC[C@H](O)c2cccc(Cl)c2)cc1.Cl. The van der Waals surface area contributed by atoms with Crippen molar-refractivity contribution in [3.63, 3.8) is 0 Å². The minimum Gasteiger partial charge on any atom is -0.478 e. The van der Waals surface area contributed by atoms with E-state index in [0.29, 0.717) is 17.1 Å². The van der Waals surface area contributed by atoms with Crippen molar-refractivity contribution < 1.29 is 15.0 Å². The molecule has 0 bridgehead atoms. The molecule has 0 aliphatic heterocycles. The third-order valence-electron chi connectivity index (χ3n) is 4.90. The molecule has 3 aromatic rings. The Bertz CT molecular complexity index is 990. The first kappa shape index (κ1) is 23.9. The van der Waals surface area contributed by atoms with Gasteiger partial charge in [0.15, 0.2) is 0 Å². The molecule has 3 aromatic carbocycles. The van der Waals surface area contributed by atoms with Gasteiger partial charge in [0.1, 0.15) is 0 Å². The summed E-state index contributed by atoms with van der Waals surface area (Å²) in [5.41, 5.74) is 5.33. The third kappa shape index (κ3) is 6.31. The smallest absolute Gasteiger partial charge is 0.335 e. The minimum absolute atomic E-state index is 0. The second-order valence-corrected chi connectivity index (χ2v) is 7.49. The molecule has 0 aliphatic carbocycles. The van der Waals surface area contributed by atoms with Crippen molar-refractivity contribution in [2.75, 3.05) is 13.1 Å². The molecule has 3 rings (SSSR count). The monoisotopic (exact) mass is 445 g/mol. The number of nitrogens with one attached hydrogen (secondary N) is 1. The number of aliphatic hydroxyl groups excluding tert-OH is 1. The Morgan fingerprint density at radius 3 is 2.43 bits per heavy atom. The Morgan fingerprint density at radius 1 is 1.07 bits per heavy atom. The lowest BCUT2D eigenvalue weighted by atomic mass is 9.97. The van der Waals surface area contributed by atoms with Crippen LogP contribution in [0.25, 0.3) is 11.1 Å². The largest absolute Gasteiger partial charge is 0.478 e. The van der Waals surface area contributed by atoms with Crippen LogP contribution in [0, 0.1) is 6.92 Å². The maximum Gasteiger partial charge on any atom is 0.335 e. The van der Waals surface area contributed by atoms with Crippen LogP contribution in [0.5, 0.6) is 0 Å². The fourth-order valence-corrected chi connectivity index (χ4v) is 3.47. The predicted molar refractivity (Wildman–Crippen MR) is 124 cm³/mol. The Hall–Kier alpha value is -2.37. The summed E-state index contributed by atoms with van der Waals surface area (Å²) in [6, 6.07) is 20.7. The molecule has 0 amide bonds. The molecule has 0 unspecified atom stereocenters. The van der Waals surface area contributed by atoms with Crippen LogP contribution in [0.3, 0.4) is 0 Å². The number of benzene rings is 3. The van der Waals surface area contributed by atoms with E-state index in [1.54, 1.807) is 24.3 Å². The Balaban J connectivity index is 0.00000320. The fraction of sp³-hybridized carbons (Fsp3) is 0.208. The average Bonchev–Trinajstić information content (AvgIpc) is 2.71. The van der Waals surface area contributed by atoms with Crippen LogP contribution >= 0.6 is 24.0 Å². The van der Waals surface area contributed by atoms with Crippen LogP contribution in [0.4, 0.5) is 0 Å². The summed E-state index contributed by atoms with van der Waals surface area (Å²) in [6.07, 6.45) is 0.257. The number of rotatable bonds is 8. The van der Waals surface area contributed by atoms with Gasteiger partial charge in [-0.2, -0.15) is 0 Å². The van der Waals surface area contributed by atoms with E-state index in [4.69, 9.17) is 16.7 Å². The zero-order valence-corrected chi connectivity index (χ0v) is 18.2. The summed E-state index contributed by atoms with van der Waals surface area (Å²) in [7, 11) is 0. The van der Waals surface area contributed by atoms with Gasteiger partial charge in [-0.3, -0.25) is 0 Å². The van der Waals surface area contributed by atoms with Crippen LogP contribution in [0.15, 0.2) is 66.7 Å². The van der Waals surface area contributed by atoms with E-state index >= 15 is 0 Å². The highest BCUT2D eigenvalue weighted by atomic mass is 35.5. The fourth-order valence-electron chi connectivity index (χ4n) is 3.27. The molecule has 0 radical (unpaired) electrons. The van der Waals surface area contributed by atoms with Crippen LogP contribution in [-0.4, -0.2) is 29.3 Å². The summed E-state index contributed by atoms with van der Waals surface area (Å²) >= 11 is 5.96. The van der Waals surface area contributed by atoms with Crippen molar-refractivity contribution in [1.82, 2.24) is 5.32 Å². The van der Waals surface area contributed by atoms with Gasteiger partial charge in [0, 0.05) is 11.6 Å². The molecule has 6 heteroatoms. The number of aryl methyl sites for hydroxylation is 1. The topological polar surface area (TPSA) is 69.6 Å². The highest BCUT2D eigenvalue weighted by molar-refractivity contribution is 6.30. The quantitative estimate of drug-likeness (QED) is 0.411. The van der Waals surface area contributed by atoms with Crippen molar-refractivity contribution in [3.8, 4) is 11.1 Å². The highest BCUT2D eigenvalue weighted by Gasteiger charge is 2.09. The molecule has 0 spiro atoms. The first-order valence-corrected chi connectivity index (χ1v) is 9.89. The maximum atomic E-state index is 11.1. The van der Waals surface area contributed by atoms with Gasteiger partial charge in [0.25, 0.3) is 0 Å². The molecule has 0 heterocycles. The number of carbonyl (C=O) groups is 1. The number of aliphatic hydroxyl groups is 1. The normalized spacial score (nSPS) is 11.6. The lowest BCUT2D eigenvalue weighted by Crippen LogP contribution is -2.23. The first-order chi connectivity index (χ1) is 13.9. The molecular weight excluding hydrogens is 421 g/mol. The van der Waals surface area contributed by atoms with E-state index in [-0.39, 0.29) is 12.4 Å². The lowest BCUT2D eigenvalue weighted by Gasteiger charge is -2.13. The number of hydrogen-bond acceptors (Lipinski definition) is 3. The van der Waals surface area contributed by atoms with E-state index < -0.39 is 12.1 Å². The van der Waals surface area contributed by atoms with Crippen LogP contribution < -0.4 is 5.32 Å². The molecule has 3 N–H and O–H groups in total. The van der Waals surface area contributed by atoms with Crippen molar-refractivity contribution in [3.05, 3.63) is 94.0 Å². The van der Waals surface area contributed by atoms with Crippen molar-refractivity contribution in [1.29, 1.82) is 0 Å². The van der Waals surface area contributed by atoms with E-state index in [0.717, 1.165) is 35.2 Å². The first-order valence-electron chi connectivity index (χ1n) is 9.51. The van der Waals surface area contributed by atoms with E-state index in [1.165, 1.54) is 5.56 Å². The molecule has 1 atom stereocenters. The third-order valence-corrected chi connectivity index (χ3v) is 5.13. The number of aromatic carboxylic acids is 1. The maximum absolute atomic E-state index is 11.1. The predicted octanol–water partition coefficient (Wildman–Crippen LogP) is 5.30. The van der Waals surface area contributed by atoms with Gasteiger partial charge in [0.2, 0.25) is 0 Å². The molecule has 158 valence electrons. The van der Waals surface area contributed by atoms with Gasteiger partial charge >= 0.3 is 5.97 Å². The second kappa shape index (κ2) is 11.1. The van der Waals surface area contributed by atoms with E-state index in [1.807, 2.05) is 25.1 Å². The molecule has 30 heavy (non-hydrogen) atoms. The highest BCUT2D eigenvalue weighted by Crippen LogP contribution is 2.25. The molecule has 0 fully saturated rings. The molecular formula is C24H25Cl2NO3. The Kier molecular flexibility index (Phi) is 8.88. The van der Waals surface area contributed by atoms with E-state index in [9.17, 15) is 9.90 Å². The summed E-state index contributed by atoms with van der Waals surface area (Å²) in [4.78, 5) is 11.1. The summed E-state index contributed by atoms with van der Waals surface area (Å²) in [5.74, 6) is -0.914. The van der Waals surface area contributed by atoms with Gasteiger partial charge in [-0.1, -0.05) is 54.1 Å². The van der Waals surface area contributed by atoms with Gasteiger partial charge in [0.05, 0.1) is 11.7 Å². The standard InChI is InChI=1S/C24H24ClNO3.ClH/c1-16-13-20(24(28)29)9-10-22(16)18-7-5-17(6-8-18)11-12-26-15-23(27)19-3-2-4-21(25)14-19;/h2-10,13-14,23,26-27H,11-12,15H2,1H3,(H,28,29);1H/t23-;/m0./s1. The molecule has 4 nitrogen and oxygen atoms in total. The molecule has 0 saturated heterocycles. The summed E-state index contributed by atoms with van der Waals surface area (Å²) < 4.78 is 0. The van der Waals surface area contributed by atoms with Crippen LogP contribution in [0.2, 0.25) is 5.02 Å². The molecule has 0 saturated carbocycles. The number of halogens is 2. The zero-order chi connectivity index (χ0) is 20.8. The van der Waals surface area contributed by atoms with Crippen LogP contribution in [-0.2, 0) is 6.42 Å². The van der Waals surface area contributed by atoms with Crippen molar-refractivity contribution >= 4 is 30.0 Å². The van der Waals surface area contributed by atoms with Gasteiger partial charge in [-0.25, -0.2) is 4.79 Å². The lowest BCUT2D eigenvalue weighted by molar-refractivity contribution is 0.0697. The number of hydrogen-bond donors (Lipinski definition) is 3. The molecule has 0 aliphatic rings. The zero-order valence-electron chi connectivity index (χ0n) is 16.6. The Labute approximate surface area is 187 Å². The van der Waals surface area contributed by atoms with Crippen molar-refractivity contribution in [2.45, 2.75) is 19.4 Å². The van der Waals surface area contributed by atoms with Gasteiger partial charge < -0.3 is 15.5 Å². The number of carboxylic acid groups (broad SMARTS) is 1. The number of carboxylic acids is 1. The summed E-state index contributed by atoms with van der Waals surface area (Å²) in [5, 5.41) is 23.2. The minimum atomic E-state index is -0.914. The van der Waals surface area contributed by atoms with Gasteiger partial charge in [-0.15, -0.1) is 12.4 Å². The Morgan fingerprint density at radius 2 is 1.80 bits per heavy atom. The second-order valence-electron chi connectivity index (χ2n) is 7.06.